The number of amides is 1. The molecule has 6 nitrogen and oxygen atoms in total. The normalized spacial score (nSPS) is 18.8. The first kappa shape index (κ1) is 22.8. The number of anilines is 1. The first-order chi connectivity index (χ1) is 15.4. The zero-order valence-corrected chi connectivity index (χ0v) is 19.9. The van der Waals surface area contributed by atoms with E-state index in [4.69, 9.17) is 4.74 Å². The highest BCUT2D eigenvalue weighted by Crippen LogP contribution is 2.26. The average molecular weight is 439 g/mol. The van der Waals surface area contributed by atoms with Gasteiger partial charge >= 0.3 is 6.09 Å². The molecule has 0 bridgehead atoms. The lowest BCUT2D eigenvalue weighted by molar-refractivity contribution is 0.0179. The van der Waals surface area contributed by atoms with Crippen molar-refractivity contribution in [1.82, 2.24) is 14.8 Å². The molecule has 3 heterocycles. The van der Waals surface area contributed by atoms with E-state index in [-0.39, 0.29) is 6.09 Å². The van der Waals surface area contributed by atoms with Crippen LogP contribution < -0.4 is 4.90 Å². The van der Waals surface area contributed by atoms with Crippen LogP contribution in [0.1, 0.15) is 46.5 Å². The Morgan fingerprint density at radius 1 is 1.03 bits per heavy atom. The standard InChI is InChI=1S/C26H38N4O2/c1-26(2,3)32-25(31)30-15-11-21(12-16-30)7-6-14-28-17-19-29(20-18-28)24-23-9-5-4-8-22(23)10-13-27-24/h4-5,8-10,13,21H,6-7,11-12,14-20H2,1-3H3. The van der Waals surface area contributed by atoms with Crippen LogP contribution in [0, 0.1) is 5.92 Å². The summed E-state index contributed by atoms with van der Waals surface area (Å²) in [6.07, 6.45) is 6.46. The third-order valence-corrected chi connectivity index (χ3v) is 6.68. The van der Waals surface area contributed by atoms with Gasteiger partial charge in [-0.3, -0.25) is 4.90 Å². The van der Waals surface area contributed by atoms with Gasteiger partial charge in [-0.15, -0.1) is 0 Å². The number of piperazine rings is 1. The van der Waals surface area contributed by atoms with Crippen LogP contribution in [0.4, 0.5) is 10.6 Å². The van der Waals surface area contributed by atoms with E-state index in [1.54, 1.807) is 0 Å². The fourth-order valence-electron chi connectivity index (χ4n) is 4.87. The topological polar surface area (TPSA) is 48.9 Å². The predicted octanol–water partition coefficient (Wildman–Crippen LogP) is 4.78. The van der Waals surface area contributed by atoms with Gasteiger partial charge in [-0.25, -0.2) is 9.78 Å². The molecule has 6 heteroatoms. The highest BCUT2D eigenvalue weighted by molar-refractivity contribution is 5.92. The van der Waals surface area contributed by atoms with Crippen LogP contribution in [0.25, 0.3) is 10.8 Å². The molecule has 0 aliphatic carbocycles. The van der Waals surface area contributed by atoms with E-state index in [1.807, 2.05) is 31.9 Å². The molecule has 2 aliphatic rings. The van der Waals surface area contributed by atoms with Gasteiger partial charge in [-0.05, 0) is 70.4 Å². The van der Waals surface area contributed by atoms with Crippen LogP contribution in [0.15, 0.2) is 36.5 Å². The number of pyridine rings is 1. The molecule has 1 aromatic carbocycles. The zero-order valence-electron chi connectivity index (χ0n) is 19.9. The molecule has 4 rings (SSSR count). The zero-order chi connectivity index (χ0) is 22.6. The van der Waals surface area contributed by atoms with Gasteiger partial charge in [0.1, 0.15) is 11.4 Å². The van der Waals surface area contributed by atoms with E-state index in [0.717, 1.165) is 63.8 Å². The number of benzene rings is 1. The molecule has 2 saturated heterocycles. The van der Waals surface area contributed by atoms with Crippen molar-refractivity contribution in [2.75, 3.05) is 50.7 Å². The fourth-order valence-corrected chi connectivity index (χ4v) is 4.87. The van der Waals surface area contributed by atoms with Gasteiger partial charge in [0.2, 0.25) is 0 Å². The van der Waals surface area contributed by atoms with Crippen LogP contribution >= 0.6 is 0 Å². The quantitative estimate of drug-likeness (QED) is 0.672. The highest BCUT2D eigenvalue weighted by Gasteiger charge is 2.27. The van der Waals surface area contributed by atoms with Gasteiger partial charge in [0.25, 0.3) is 0 Å². The second kappa shape index (κ2) is 10.1. The average Bonchev–Trinajstić information content (AvgIpc) is 2.78. The van der Waals surface area contributed by atoms with E-state index >= 15 is 0 Å². The summed E-state index contributed by atoms with van der Waals surface area (Å²) in [5.74, 6) is 1.86. The first-order valence-electron chi connectivity index (χ1n) is 12.2. The maximum Gasteiger partial charge on any atom is 0.410 e. The fraction of sp³-hybridized carbons (Fsp3) is 0.615. The second-order valence-electron chi connectivity index (χ2n) is 10.2. The minimum atomic E-state index is -0.415. The number of carbonyl (C=O) groups excluding carboxylic acids is 1. The molecule has 0 spiro atoms. The summed E-state index contributed by atoms with van der Waals surface area (Å²) in [7, 11) is 0. The number of nitrogens with zero attached hydrogens (tertiary/aromatic N) is 4. The number of likely N-dealkylation sites (tertiary alicyclic amines) is 1. The van der Waals surface area contributed by atoms with E-state index in [1.165, 1.54) is 30.2 Å². The molecule has 2 aliphatic heterocycles. The summed E-state index contributed by atoms with van der Waals surface area (Å²) in [6.45, 7) is 12.9. The molecule has 1 amide bonds. The predicted molar refractivity (Wildman–Crippen MR) is 130 cm³/mol. The molecule has 2 aromatic rings. The summed E-state index contributed by atoms with van der Waals surface area (Å²) in [6, 6.07) is 10.6. The molecule has 2 fully saturated rings. The molecular formula is C26H38N4O2. The number of ether oxygens (including phenoxy) is 1. The van der Waals surface area contributed by atoms with Gasteiger partial charge in [0.15, 0.2) is 0 Å². The van der Waals surface area contributed by atoms with Crippen LogP contribution in [0.5, 0.6) is 0 Å². The summed E-state index contributed by atoms with van der Waals surface area (Å²) < 4.78 is 5.51. The SMILES string of the molecule is CC(C)(C)OC(=O)N1CCC(CCCN2CCN(c3nccc4ccccc34)CC2)CC1. The summed E-state index contributed by atoms with van der Waals surface area (Å²) in [4.78, 5) is 23.8. The number of piperidine rings is 1. The Balaban J connectivity index is 1.16. The number of rotatable bonds is 5. The van der Waals surface area contributed by atoms with Crippen molar-refractivity contribution in [3.05, 3.63) is 36.5 Å². The van der Waals surface area contributed by atoms with Crippen LogP contribution in [-0.2, 0) is 4.74 Å². The van der Waals surface area contributed by atoms with Gasteiger partial charge in [0.05, 0.1) is 0 Å². The monoisotopic (exact) mass is 438 g/mol. The van der Waals surface area contributed by atoms with Crippen molar-refractivity contribution < 1.29 is 9.53 Å². The van der Waals surface area contributed by atoms with Crippen molar-refractivity contribution in [1.29, 1.82) is 0 Å². The van der Waals surface area contributed by atoms with Crippen molar-refractivity contribution in [3.63, 3.8) is 0 Å². The number of carbonyl (C=O) groups is 1. The Labute approximate surface area is 192 Å². The highest BCUT2D eigenvalue weighted by atomic mass is 16.6. The van der Waals surface area contributed by atoms with Gasteiger partial charge in [0, 0.05) is 50.9 Å². The largest absolute Gasteiger partial charge is 0.444 e. The maximum atomic E-state index is 12.2. The van der Waals surface area contributed by atoms with Crippen molar-refractivity contribution in [2.24, 2.45) is 5.92 Å². The van der Waals surface area contributed by atoms with Crippen LogP contribution in [0.3, 0.4) is 0 Å². The molecule has 1 aromatic heterocycles. The third-order valence-electron chi connectivity index (χ3n) is 6.68. The second-order valence-corrected chi connectivity index (χ2v) is 10.2. The molecule has 0 N–H and O–H groups in total. The lowest BCUT2D eigenvalue weighted by Crippen LogP contribution is -2.47. The molecule has 0 atom stereocenters. The maximum absolute atomic E-state index is 12.2. The number of fused-ring (bicyclic) bond motifs is 1. The van der Waals surface area contributed by atoms with Crippen molar-refractivity contribution >= 4 is 22.7 Å². The van der Waals surface area contributed by atoms with Gasteiger partial charge in [-0.2, -0.15) is 0 Å². The van der Waals surface area contributed by atoms with E-state index in [2.05, 4.69) is 45.1 Å². The van der Waals surface area contributed by atoms with Crippen molar-refractivity contribution in [3.8, 4) is 0 Å². The Hall–Kier alpha value is -2.34. The van der Waals surface area contributed by atoms with E-state index in [0.29, 0.717) is 0 Å². The van der Waals surface area contributed by atoms with Crippen molar-refractivity contribution in [2.45, 2.75) is 52.1 Å². The number of aromatic nitrogens is 1. The Morgan fingerprint density at radius 3 is 2.47 bits per heavy atom. The Morgan fingerprint density at radius 2 is 1.75 bits per heavy atom. The number of hydrogen-bond donors (Lipinski definition) is 0. The van der Waals surface area contributed by atoms with E-state index < -0.39 is 5.60 Å². The Kier molecular flexibility index (Phi) is 7.19. The molecule has 174 valence electrons. The van der Waals surface area contributed by atoms with Gasteiger partial charge in [-0.1, -0.05) is 24.3 Å². The molecule has 0 radical (unpaired) electrons. The van der Waals surface area contributed by atoms with Crippen LogP contribution in [-0.4, -0.2) is 72.3 Å². The van der Waals surface area contributed by atoms with E-state index in [9.17, 15) is 4.79 Å². The minimum absolute atomic E-state index is 0.158. The number of hydrogen-bond acceptors (Lipinski definition) is 5. The lowest BCUT2D eigenvalue weighted by Gasteiger charge is -2.36. The minimum Gasteiger partial charge on any atom is -0.444 e. The third kappa shape index (κ3) is 5.91. The summed E-state index contributed by atoms with van der Waals surface area (Å²) in [5.41, 5.74) is -0.415. The molecule has 32 heavy (non-hydrogen) atoms. The first-order valence-corrected chi connectivity index (χ1v) is 12.2. The van der Waals surface area contributed by atoms with Gasteiger partial charge < -0.3 is 14.5 Å². The molecule has 0 unspecified atom stereocenters. The summed E-state index contributed by atoms with van der Waals surface area (Å²) in [5, 5.41) is 2.51. The molecule has 0 saturated carbocycles. The smallest absolute Gasteiger partial charge is 0.410 e. The Bertz CT molecular complexity index is 889. The van der Waals surface area contributed by atoms with Crippen LogP contribution in [0.2, 0.25) is 0 Å². The lowest BCUT2D eigenvalue weighted by atomic mass is 9.92. The summed E-state index contributed by atoms with van der Waals surface area (Å²) >= 11 is 0. The molecular weight excluding hydrogens is 400 g/mol.